The Morgan fingerprint density at radius 3 is 1.80 bits per heavy atom. The Kier molecular flexibility index (Phi) is 7.17. The van der Waals surface area contributed by atoms with E-state index in [4.69, 9.17) is 14.4 Å². The highest BCUT2D eigenvalue weighted by molar-refractivity contribution is 6.21. The molecule has 55 heavy (non-hydrogen) atoms. The van der Waals surface area contributed by atoms with Gasteiger partial charge < -0.3 is 4.42 Å². The van der Waals surface area contributed by atoms with Crippen LogP contribution in [0.25, 0.3) is 110 Å². The van der Waals surface area contributed by atoms with Crippen LogP contribution in [0.2, 0.25) is 0 Å². The summed E-state index contributed by atoms with van der Waals surface area (Å²) in [4.78, 5) is 10.5. The molecule has 3 nitrogen and oxygen atoms in total. The summed E-state index contributed by atoms with van der Waals surface area (Å²) >= 11 is 0. The van der Waals surface area contributed by atoms with Gasteiger partial charge in [0.2, 0.25) is 0 Å². The smallest absolute Gasteiger partial charge is 0.160 e. The van der Waals surface area contributed by atoms with Crippen molar-refractivity contribution in [1.82, 2.24) is 9.97 Å². The molecule has 11 aromatic rings. The molecule has 9 aromatic carbocycles. The molecular weight excluding hydrogens is 669 g/mol. The number of para-hydroxylation sites is 1. The van der Waals surface area contributed by atoms with E-state index in [-0.39, 0.29) is 0 Å². The molecule has 256 valence electrons. The molecule has 0 unspecified atom stereocenters. The van der Waals surface area contributed by atoms with Crippen LogP contribution in [-0.4, -0.2) is 9.97 Å². The van der Waals surface area contributed by atoms with E-state index in [9.17, 15) is 0 Å². The molecule has 0 spiro atoms. The van der Waals surface area contributed by atoms with E-state index in [0.717, 1.165) is 66.7 Å². The van der Waals surface area contributed by atoms with E-state index >= 15 is 0 Å². The van der Waals surface area contributed by atoms with Gasteiger partial charge >= 0.3 is 0 Å². The normalized spacial score (nSPS) is 11.6. The topological polar surface area (TPSA) is 38.9 Å². The van der Waals surface area contributed by atoms with Crippen molar-refractivity contribution >= 4 is 54.3 Å². The molecule has 0 aliphatic rings. The molecule has 0 aliphatic heterocycles. The quantitative estimate of drug-likeness (QED) is 0.133. The molecule has 0 saturated carbocycles. The van der Waals surface area contributed by atoms with Crippen LogP contribution in [0, 0.1) is 0 Å². The average Bonchev–Trinajstić information content (AvgIpc) is 3.64. The molecule has 0 radical (unpaired) electrons. The van der Waals surface area contributed by atoms with Gasteiger partial charge in [0.05, 0.1) is 11.4 Å². The first kappa shape index (κ1) is 31.2. The van der Waals surface area contributed by atoms with E-state index in [1.807, 2.05) is 30.3 Å². The van der Waals surface area contributed by atoms with Gasteiger partial charge in [0.25, 0.3) is 0 Å². The number of furan rings is 1. The minimum Gasteiger partial charge on any atom is -0.456 e. The van der Waals surface area contributed by atoms with Crippen molar-refractivity contribution in [3.63, 3.8) is 0 Å². The summed E-state index contributed by atoms with van der Waals surface area (Å²) in [6.07, 6.45) is 0. The molecule has 0 aliphatic carbocycles. The first-order chi connectivity index (χ1) is 27.2. The lowest BCUT2D eigenvalue weighted by molar-refractivity contribution is 0.669. The second-order valence-corrected chi connectivity index (χ2v) is 14.1. The summed E-state index contributed by atoms with van der Waals surface area (Å²) in [7, 11) is 0. The van der Waals surface area contributed by atoms with Gasteiger partial charge in [-0.15, -0.1) is 0 Å². The lowest BCUT2D eigenvalue weighted by atomic mass is 9.87. The Labute approximate surface area is 317 Å². The number of fused-ring (bicyclic) bond motifs is 7. The second kappa shape index (κ2) is 12.6. The van der Waals surface area contributed by atoms with Crippen molar-refractivity contribution < 1.29 is 4.42 Å². The Hall–Kier alpha value is -7.36. The third-order valence-electron chi connectivity index (χ3n) is 10.9. The molecule has 2 heterocycles. The van der Waals surface area contributed by atoms with Gasteiger partial charge in [0.15, 0.2) is 5.82 Å². The van der Waals surface area contributed by atoms with Crippen molar-refractivity contribution in [3.05, 3.63) is 194 Å². The summed E-state index contributed by atoms with van der Waals surface area (Å²) in [5.41, 5.74) is 11.2. The van der Waals surface area contributed by atoms with Crippen molar-refractivity contribution in [3.8, 4) is 56.2 Å². The third-order valence-corrected chi connectivity index (χ3v) is 10.9. The van der Waals surface area contributed by atoms with E-state index in [0.29, 0.717) is 5.82 Å². The van der Waals surface area contributed by atoms with Crippen molar-refractivity contribution in [2.75, 3.05) is 0 Å². The van der Waals surface area contributed by atoms with Crippen LogP contribution < -0.4 is 0 Å². The number of rotatable bonds is 5. The number of benzene rings is 9. The van der Waals surface area contributed by atoms with Gasteiger partial charge in [-0.2, -0.15) is 0 Å². The maximum Gasteiger partial charge on any atom is 0.160 e. The molecule has 0 N–H and O–H groups in total. The van der Waals surface area contributed by atoms with Gasteiger partial charge in [0, 0.05) is 27.5 Å². The van der Waals surface area contributed by atoms with Crippen LogP contribution >= 0.6 is 0 Å². The van der Waals surface area contributed by atoms with Crippen LogP contribution in [-0.2, 0) is 0 Å². The number of nitrogens with zero attached hydrogens (tertiary/aromatic N) is 2. The van der Waals surface area contributed by atoms with Crippen LogP contribution in [0.3, 0.4) is 0 Å². The summed E-state index contributed by atoms with van der Waals surface area (Å²) in [6.45, 7) is 0. The summed E-state index contributed by atoms with van der Waals surface area (Å²) in [5, 5.41) is 9.63. The predicted octanol–water partition coefficient (Wildman–Crippen LogP) is 14.2. The fourth-order valence-corrected chi connectivity index (χ4v) is 8.22. The highest BCUT2D eigenvalue weighted by Crippen LogP contribution is 2.43. The standard InChI is InChI=1S/C52H32N2O/c1-2-13-36(14-3-1)52-53-47(35-24-22-33(23-25-35)37-27-29-50-46(30-37)42-19-10-11-21-49(42)55-50)32-48(54-52)41-18-8-9-20-43(41)51-40-17-7-5-15-38(40)31-45-39-16-6-4-12-34(39)26-28-44(45)51/h1-32H. The first-order valence-electron chi connectivity index (χ1n) is 18.6. The van der Waals surface area contributed by atoms with Gasteiger partial charge in [-0.1, -0.05) is 164 Å². The largest absolute Gasteiger partial charge is 0.456 e. The number of aromatic nitrogens is 2. The Morgan fingerprint density at radius 2 is 0.945 bits per heavy atom. The van der Waals surface area contributed by atoms with Crippen LogP contribution in [0.5, 0.6) is 0 Å². The van der Waals surface area contributed by atoms with E-state index < -0.39 is 0 Å². The molecule has 3 heteroatoms. The van der Waals surface area contributed by atoms with Crippen molar-refractivity contribution in [2.24, 2.45) is 0 Å². The monoisotopic (exact) mass is 700 g/mol. The lowest BCUT2D eigenvalue weighted by Gasteiger charge is -2.17. The molecular formula is C52H32N2O. The highest BCUT2D eigenvalue weighted by atomic mass is 16.3. The van der Waals surface area contributed by atoms with E-state index in [1.165, 1.54) is 37.9 Å². The van der Waals surface area contributed by atoms with Gasteiger partial charge in [-0.25, -0.2) is 9.97 Å². The molecule has 0 fully saturated rings. The Bertz CT molecular complexity index is 3250. The lowest BCUT2D eigenvalue weighted by Crippen LogP contribution is -1.97. The zero-order valence-corrected chi connectivity index (χ0v) is 29.8. The summed E-state index contributed by atoms with van der Waals surface area (Å²) < 4.78 is 6.10. The Morgan fingerprint density at radius 1 is 0.309 bits per heavy atom. The summed E-state index contributed by atoms with van der Waals surface area (Å²) in [5.74, 6) is 0.693. The molecule has 0 bridgehead atoms. The number of hydrogen-bond donors (Lipinski definition) is 0. The minimum absolute atomic E-state index is 0.693. The van der Waals surface area contributed by atoms with Crippen LogP contribution in [0.1, 0.15) is 0 Å². The Balaban J connectivity index is 1.08. The van der Waals surface area contributed by atoms with Gasteiger partial charge in [-0.3, -0.25) is 0 Å². The highest BCUT2D eigenvalue weighted by Gasteiger charge is 2.19. The van der Waals surface area contributed by atoms with Crippen molar-refractivity contribution in [2.45, 2.75) is 0 Å². The third kappa shape index (κ3) is 5.28. The predicted molar refractivity (Wildman–Crippen MR) is 229 cm³/mol. The SMILES string of the molecule is c1ccc(-c2nc(-c3ccc(-c4ccc5oc6ccccc6c5c4)cc3)cc(-c3ccccc3-c3c4ccccc4cc4c3ccc3ccccc34)n2)cc1. The van der Waals surface area contributed by atoms with E-state index in [1.54, 1.807) is 0 Å². The fourth-order valence-electron chi connectivity index (χ4n) is 8.22. The average molecular weight is 701 g/mol. The maximum atomic E-state index is 6.10. The van der Waals surface area contributed by atoms with Gasteiger partial charge in [-0.05, 0) is 84.9 Å². The maximum absolute atomic E-state index is 6.10. The second-order valence-electron chi connectivity index (χ2n) is 14.1. The first-order valence-corrected chi connectivity index (χ1v) is 18.6. The molecule has 2 aromatic heterocycles. The van der Waals surface area contributed by atoms with Crippen molar-refractivity contribution in [1.29, 1.82) is 0 Å². The molecule has 11 rings (SSSR count). The molecule has 0 atom stereocenters. The van der Waals surface area contributed by atoms with E-state index in [2.05, 4.69) is 164 Å². The molecule has 0 saturated heterocycles. The summed E-state index contributed by atoms with van der Waals surface area (Å²) in [6, 6.07) is 68.7. The molecule has 0 amide bonds. The van der Waals surface area contributed by atoms with Crippen LogP contribution in [0.15, 0.2) is 199 Å². The zero-order chi connectivity index (χ0) is 36.3. The fraction of sp³-hybridized carbons (Fsp3) is 0. The zero-order valence-electron chi connectivity index (χ0n) is 29.8. The van der Waals surface area contributed by atoms with Crippen LogP contribution in [0.4, 0.5) is 0 Å². The minimum atomic E-state index is 0.693. The number of hydrogen-bond acceptors (Lipinski definition) is 3. The van der Waals surface area contributed by atoms with Gasteiger partial charge in [0.1, 0.15) is 11.2 Å².